The van der Waals surface area contributed by atoms with E-state index in [0.717, 1.165) is 11.4 Å². The maximum atomic E-state index is 12.5. The molecule has 8 nitrogen and oxygen atoms in total. The van der Waals surface area contributed by atoms with Crippen molar-refractivity contribution in [2.24, 2.45) is 7.05 Å². The number of amides is 2. The number of thioether (sulfide) groups is 1. The van der Waals surface area contributed by atoms with E-state index in [1.54, 1.807) is 6.92 Å². The Balaban J connectivity index is 1.77. The number of hydrogen-bond donors (Lipinski definition) is 2. The van der Waals surface area contributed by atoms with E-state index in [2.05, 4.69) is 20.8 Å². The number of carbonyl (C=O) groups is 2. The molecule has 2 amide bonds. The smallest absolute Gasteiger partial charge is 0.337 e. The van der Waals surface area contributed by atoms with Crippen molar-refractivity contribution in [2.45, 2.75) is 37.9 Å². The summed E-state index contributed by atoms with van der Waals surface area (Å²) in [5.41, 5.74) is 2.17. The predicted octanol–water partition coefficient (Wildman–Crippen LogP) is 2.41. The van der Waals surface area contributed by atoms with Gasteiger partial charge in [0.05, 0.1) is 18.2 Å². The molecule has 1 aliphatic heterocycles. The standard InChI is InChI=1S/C20H25N5O3S/c1-4-14-17(18(26)28-5-2)15(22-19(27)21-14)12-29-20-24-23-16(25(20)3)11-13-9-7-6-8-10-13/h6-10,14H,4-5,11-12H2,1-3H3,(H2,21,22,27). The molecular weight excluding hydrogens is 390 g/mol. The van der Waals surface area contributed by atoms with Gasteiger partial charge in [-0.1, -0.05) is 49.0 Å². The van der Waals surface area contributed by atoms with Crippen LogP contribution in [0.1, 0.15) is 31.7 Å². The van der Waals surface area contributed by atoms with Crippen LogP contribution in [-0.2, 0) is 23.0 Å². The SMILES string of the molecule is CCOC(=O)C1=C(CSc2nnc(Cc3ccccc3)n2C)NC(=O)NC1CC. The fourth-order valence-electron chi connectivity index (χ4n) is 3.12. The highest BCUT2D eigenvalue weighted by Gasteiger charge is 2.31. The number of nitrogens with one attached hydrogen (secondary N) is 2. The first-order valence-corrected chi connectivity index (χ1v) is 10.5. The van der Waals surface area contributed by atoms with Crippen LogP contribution < -0.4 is 10.6 Å². The fourth-order valence-corrected chi connectivity index (χ4v) is 4.01. The molecule has 29 heavy (non-hydrogen) atoms. The van der Waals surface area contributed by atoms with Crippen LogP contribution in [0.15, 0.2) is 46.8 Å². The molecule has 1 aromatic heterocycles. The number of urea groups is 1. The second-order valence-corrected chi connectivity index (χ2v) is 7.52. The first-order chi connectivity index (χ1) is 14.0. The normalized spacial score (nSPS) is 16.4. The van der Waals surface area contributed by atoms with E-state index < -0.39 is 5.97 Å². The van der Waals surface area contributed by atoms with Crippen LogP contribution in [0.5, 0.6) is 0 Å². The number of carbonyl (C=O) groups excluding carboxylic acids is 2. The zero-order valence-corrected chi connectivity index (χ0v) is 17.6. The molecule has 3 rings (SSSR count). The Labute approximate surface area is 174 Å². The predicted molar refractivity (Wildman–Crippen MR) is 110 cm³/mol. The van der Waals surface area contributed by atoms with Gasteiger partial charge in [0, 0.05) is 24.9 Å². The molecule has 0 fully saturated rings. The Morgan fingerprint density at radius 3 is 2.69 bits per heavy atom. The van der Waals surface area contributed by atoms with Crippen LogP contribution in [0.3, 0.4) is 0 Å². The topological polar surface area (TPSA) is 98.1 Å². The van der Waals surface area contributed by atoms with E-state index in [4.69, 9.17) is 4.74 Å². The average Bonchev–Trinajstić information content (AvgIpc) is 3.06. The number of hydrogen-bond acceptors (Lipinski definition) is 6. The summed E-state index contributed by atoms with van der Waals surface area (Å²) >= 11 is 1.42. The zero-order valence-electron chi connectivity index (χ0n) is 16.8. The van der Waals surface area contributed by atoms with Gasteiger partial charge in [-0.05, 0) is 18.9 Å². The lowest BCUT2D eigenvalue weighted by Gasteiger charge is -2.28. The third-order valence-electron chi connectivity index (χ3n) is 4.62. The molecule has 9 heteroatoms. The second kappa shape index (κ2) is 9.60. The van der Waals surface area contributed by atoms with Crippen LogP contribution in [0.2, 0.25) is 0 Å². The maximum Gasteiger partial charge on any atom is 0.337 e. The Hall–Kier alpha value is -2.81. The van der Waals surface area contributed by atoms with Gasteiger partial charge in [-0.2, -0.15) is 0 Å². The molecule has 0 spiro atoms. The molecule has 2 aromatic rings. The molecule has 1 unspecified atom stereocenters. The highest BCUT2D eigenvalue weighted by Crippen LogP contribution is 2.24. The fraction of sp³-hybridized carbons (Fsp3) is 0.400. The average molecular weight is 416 g/mol. The quantitative estimate of drug-likeness (QED) is 0.508. The van der Waals surface area contributed by atoms with E-state index >= 15 is 0 Å². The van der Waals surface area contributed by atoms with Crippen molar-refractivity contribution in [3.05, 3.63) is 53.0 Å². The summed E-state index contributed by atoms with van der Waals surface area (Å²) in [6.07, 6.45) is 1.28. The molecule has 0 radical (unpaired) electrons. The third kappa shape index (κ3) is 4.97. The Kier molecular flexibility index (Phi) is 6.92. The summed E-state index contributed by atoms with van der Waals surface area (Å²) in [5.74, 6) is 0.819. The van der Waals surface area contributed by atoms with Crippen molar-refractivity contribution in [3.63, 3.8) is 0 Å². The lowest BCUT2D eigenvalue weighted by atomic mass is 10.0. The minimum absolute atomic E-state index is 0.277. The summed E-state index contributed by atoms with van der Waals surface area (Å²) < 4.78 is 7.13. The summed E-state index contributed by atoms with van der Waals surface area (Å²) in [6, 6.07) is 9.38. The van der Waals surface area contributed by atoms with Crippen LogP contribution in [-0.4, -0.2) is 45.2 Å². The number of ether oxygens (including phenoxy) is 1. The molecule has 0 aliphatic carbocycles. The number of benzene rings is 1. The second-order valence-electron chi connectivity index (χ2n) is 6.58. The van der Waals surface area contributed by atoms with Crippen LogP contribution in [0.4, 0.5) is 4.79 Å². The maximum absolute atomic E-state index is 12.5. The largest absolute Gasteiger partial charge is 0.463 e. The zero-order chi connectivity index (χ0) is 20.8. The minimum atomic E-state index is -0.412. The van der Waals surface area contributed by atoms with E-state index in [1.807, 2.05) is 48.9 Å². The first-order valence-electron chi connectivity index (χ1n) is 9.56. The van der Waals surface area contributed by atoms with Gasteiger partial charge < -0.3 is 19.9 Å². The lowest BCUT2D eigenvalue weighted by molar-refractivity contribution is -0.139. The summed E-state index contributed by atoms with van der Waals surface area (Å²) in [7, 11) is 1.91. The van der Waals surface area contributed by atoms with Gasteiger partial charge in [0.2, 0.25) is 0 Å². The molecule has 2 heterocycles. The van der Waals surface area contributed by atoms with Crippen molar-refractivity contribution >= 4 is 23.8 Å². The molecule has 1 atom stereocenters. The highest BCUT2D eigenvalue weighted by atomic mass is 32.2. The van der Waals surface area contributed by atoms with Crippen molar-refractivity contribution < 1.29 is 14.3 Å². The number of rotatable bonds is 8. The molecule has 0 bridgehead atoms. The van der Waals surface area contributed by atoms with Gasteiger partial charge in [0.15, 0.2) is 5.16 Å². The number of esters is 1. The van der Waals surface area contributed by atoms with E-state index in [0.29, 0.717) is 35.0 Å². The lowest BCUT2D eigenvalue weighted by Crippen LogP contribution is -2.50. The summed E-state index contributed by atoms with van der Waals surface area (Å²) in [6.45, 7) is 3.95. The number of nitrogens with zero attached hydrogens (tertiary/aromatic N) is 3. The van der Waals surface area contributed by atoms with Crippen molar-refractivity contribution in [1.82, 2.24) is 25.4 Å². The molecule has 2 N–H and O–H groups in total. The Bertz CT molecular complexity index is 910. The highest BCUT2D eigenvalue weighted by molar-refractivity contribution is 7.99. The summed E-state index contributed by atoms with van der Waals surface area (Å²) in [5, 5.41) is 14.8. The summed E-state index contributed by atoms with van der Waals surface area (Å²) in [4.78, 5) is 24.5. The van der Waals surface area contributed by atoms with E-state index in [-0.39, 0.29) is 18.7 Å². The molecular formula is C20H25N5O3S. The molecule has 0 saturated heterocycles. The molecule has 1 aliphatic rings. The van der Waals surface area contributed by atoms with E-state index in [9.17, 15) is 9.59 Å². The van der Waals surface area contributed by atoms with Gasteiger partial charge in [-0.25, -0.2) is 9.59 Å². The van der Waals surface area contributed by atoms with Crippen molar-refractivity contribution in [2.75, 3.05) is 12.4 Å². The van der Waals surface area contributed by atoms with Crippen molar-refractivity contribution in [3.8, 4) is 0 Å². The van der Waals surface area contributed by atoms with Gasteiger partial charge in [0.1, 0.15) is 5.82 Å². The Morgan fingerprint density at radius 1 is 1.24 bits per heavy atom. The van der Waals surface area contributed by atoms with Gasteiger partial charge in [0.25, 0.3) is 0 Å². The third-order valence-corrected chi connectivity index (χ3v) is 5.67. The Morgan fingerprint density at radius 2 is 2.00 bits per heavy atom. The van der Waals surface area contributed by atoms with Crippen LogP contribution in [0, 0.1) is 0 Å². The van der Waals surface area contributed by atoms with Crippen LogP contribution in [0.25, 0.3) is 0 Å². The van der Waals surface area contributed by atoms with E-state index in [1.165, 1.54) is 11.8 Å². The van der Waals surface area contributed by atoms with Gasteiger partial charge >= 0.3 is 12.0 Å². The molecule has 0 saturated carbocycles. The minimum Gasteiger partial charge on any atom is -0.463 e. The molecule has 154 valence electrons. The number of aromatic nitrogens is 3. The monoisotopic (exact) mass is 415 g/mol. The molecule has 1 aromatic carbocycles. The first kappa shape index (κ1) is 20.9. The van der Waals surface area contributed by atoms with Crippen LogP contribution >= 0.6 is 11.8 Å². The van der Waals surface area contributed by atoms with Gasteiger partial charge in [-0.15, -0.1) is 10.2 Å². The van der Waals surface area contributed by atoms with Crippen molar-refractivity contribution in [1.29, 1.82) is 0 Å². The van der Waals surface area contributed by atoms with Gasteiger partial charge in [-0.3, -0.25) is 0 Å².